The number of nitrogens with one attached hydrogen (secondary N) is 1. The van der Waals surface area contributed by atoms with Crippen molar-refractivity contribution in [1.29, 1.82) is 0 Å². The van der Waals surface area contributed by atoms with Gasteiger partial charge in [-0.25, -0.2) is 0 Å². The van der Waals surface area contributed by atoms with Gasteiger partial charge in [0.15, 0.2) is 0 Å². The summed E-state index contributed by atoms with van der Waals surface area (Å²) >= 11 is 3.39. The Labute approximate surface area is 92.1 Å². The lowest BCUT2D eigenvalue weighted by molar-refractivity contribution is -0.118. The number of hydrogen-bond donors (Lipinski definition) is 1. The van der Waals surface area contributed by atoms with Crippen LogP contribution in [0.2, 0.25) is 0 Å². The van der Waals surface area contributed by atoms with E-state index >= 15 is 0 Å². The molecular weight excluding hydrogens is 242 g/mol. The summed E-state index contributed by atoms with van der Waals surface area (Å²) in [6, 6.07) is 7.98. The molecule has 1 aromatic carbocycles. The van der Waals surface area contributed by atoms with Gasteiger partial charge in [0.2, 0.25) is 5.91 Å². The van der Waals surface area contributed by atoms with Crippen molar-refractivity contribution in [3.63, 3.8) is 0 Å². The molecule has 0 radical (unpaired) electrons. The quantitative estimate of drug-likeness (QED) is 0.882. The van der Waals surface area contributed by atoms with Crippen molar-refractivity contribution >= 4 is 27.9 Å². The van der Waals surface area contributed by atoms with Crippen molar-refractivity contribution < 1.29 is 4.79 Å². The van der Waals surface area contributed by atoms with Crippen molar-refractivity contribution in [2.75, 3.05) is 6.54 Å². The maximum absolute atomic E-state index is 10.6. The third-order valence-electron chi connectivity index (χ3n) is 1.63. The zero-order chi connectivity index (χ0) is 10.4. The predicted molar refractivity (Wildman–Crippen MR) is 61.9 cm³/mol. The van der Waals surface area contributed by atoms with E-state index in [0.717, 1.165) is 10.0 Å². The van der Waals surface area contributed by atoms with E-state index in [-0.39, 0.29) is 5.91 Å². The van der Waals surface area contributed by atoms with Crippen LogP contribution in [0.3, 0.4) is 0 Å². The molecular formula is C11H12BrNO. The Hall–Kier alpha value is -1.09. The highest BCUT2D eigenvalue weighted by Gasteiger charge is 1.88. The van der Waals surface area contributed by atoms with Crippen molar-refractivity contribution in [2.24, 2.45) is 0 Å². The number of hydrogen-bond acceptors (Lipinski definition) is 1. The van der Waals surface area contributed by atoms with E-state index in [9.17, 15) is 4.79 Å². The van der Waals surface area contributed by atoms with Crippen LogP contribution < -0.4 is 5.32 Å². The molecule has 0 heterocycles. The topological polar surface area (TPSA) is 29.1 Å². The second-order valence-electron chi connectivity index (χ2n) is 2.89. The number of benzene rings is 1. The average Bonchev–Trinajstić information content (AvgIpc) is 2.12. The van der Waals surface area contributed by atoms with Gasteiger partial charge in [-0.15, -0.1) is 0 Å². The maximum Gasteiger partial charge on any atom is 0.217 e. The predicted octanol–water partition coefficient (Wildman–Crippen LogP) is 2.60. The molecule has 0 aliphatic heterocycles. The molecule has 74 valence electrons. The Morgan fingerprint density at radius 2 is 2.36 bits per heavy atom. The van der Waals surface area contributed by atoms with Crippen LogP contribution >= 0.6 is 15.9 Å². The zero-order valence-corrected chi connectivity index (χ0v) is 9.54. The zero-order valence-electron chi connectivity index (χ0n) is 7.96. The number of carbonyl (C=O) groups is 1. The Kier molecular flexibility index (Phi) is 4.40. The largest absolute Gasteiger partial charge is 0.353 e. The van der Waals surface area contributed by atoms with Crippen molar-refractivity contribution in [1.82, 2.24) is 5.32 Å². The van der Waals surface area contributed by atoms with E-state index in [0.29, 0.717) is 6.54 Å². The Bertz CT molecular complexity index is 347. The van der Waals surface area contributed by atoms with Gasteiger partial charge >= 0.3 is 0 Å². The van der Waals surface area contributed by atoms with E-state index in [1.54, 1.807) is 0 Å². The first-order chi connectivity index (χ1) is 6.68. The molecule has 0 bridgehead atoms. The summed E-state index contributed by atoms with van der Waals surface area (Å²) < 4.78 is 1.05. The fraction of sp³-hybridized carbons (Fsp3) is 0.182. The number of carbonyl (C=O) groups excluding carboxylic acids is 1. The molecule has 1 N–H and O–H groups in total. The first-order valence-corrected chi connectivity index (χ1v) is 5.14. The van der Waals surface area contributed by atoms with Crippen LogP contribution in [-0.2, 0) is 4.79 Å². The molecule has 3 heteroatoms. The SMILES string of the molecule is CC(=O)NCC=Cc1cccc(Br)c1. The molecule has 0 fully saturated rings. The van der Waals surface area contributed by atoms with Crippen molar-refractivity contribution in [3.05, 3.63) is 40.4 Å². The van der Waals surface area contributed by atoms with E-state index in [1.807, 2.05) is 36.4 Å². The molecule has 0 spiro atoms. The minimum atomic E-state index is -0.0103. The van der Waals surface area contributed by atoms with Crippen LogP contribution in [-0.4, -0.2) is 12.5 Å². The molecule has 0 aliphatic rings. The fourth-order valence-electron chi connectivity index (χ4n) is 1.01. The molecule has 2 nitrogen and oxygen atoms in total. The third kappa shape index (κ3) is 4.23. The van der Waals surface area contributed by atoms with Crippen molar-refractivity contribution in [2.45, 2.75) is 6.92 Å². The molecule has 0 atom stereocenters. The Morgan fingerprint density at radius 3 is 3.00 bits per heavy atom. The van der Waals surface area contributed by atoms with E-state index < -0.39 is 0 Å². The summed E-state index contributed by atoms with van der Waals surface area (Å²) in [6.45, 7) is 2.08. The van der Waals surface area contributed by atoms with E-state index in [2.05, 4.69) is 21.2 Å². The van der Waals surface area contributed by atoms with Crippen LogP contribution in [0.15, 0.2) is 34.8 Å². The summed E-state index contributed by atoms with van der Waals surface area (Å²) in [4.78, 5) is 10.6. The van der Waals surface area contributed by atoms with Crippen molar-refractivity contribution in [3.8, 4) is 0 Å². The second-order valence-corrected chi connectivity index (χ2v) is 3.81. The monoisotopic (exact) mass is 253 g/mol. The van der Waals surface area contributed by atoms with Gasteiger partial charge in [-0.3, -0.25) is 4.79 Å². The van der Waals surface area contributed by atoms with E-state index in [1.165, 1.54) is 6.92 Å². The smallest absolute Gasteiger partial charge is 0.217 e. The molecule has 0 unspecified atom stereocenters. The summed E-state index contributed by atoms with van der Waals surface area (Å²) in [5.41, 5.74) is 1.12. The molecule has 0 saturated carbocycles. The van der Waals surface area contributed by atoms with Crippen LogP contribution in [0.1, 0.15) is 12.5 Å². The molecule has 1 amide bonds. The summed E-state index contributed by atoms with van der Waals surface area (Å²) in [7, 11) is 0. The van der Waals surface area contributed by atoms with Gasteiger partial charge < -0.3 is 5.32 Å². The first kappa shape index (κ1) is 11.0. The van der Waals surface area contributed by atoms with Crippen LogP contribution in [0, 0.1) is 0 Å². The first-order valence-electron chi connectivity index (χ1n) is 4.35. The molecule has 0 aromatic heterocycles. The van der Waals surface area contributed by atoms with Crippen LogP contribution in [0.5, 0.6) is 0 Å². The Morgan fingerprint density at radius 1 is 1.57 bits per heavy atom. The summed E-state index contributed by atoms with van der Waals surface area (Å²) in [5, 5.41) is 2.69. The summed E-state index contributed by atoms with van der Waals surface area (Å²) in [5.74, 6) is -0.0103. The highest BCUT2D eigenvalue weighted by Crippen LogP contribution is 2.12. The minimum Gasteiger partial charge on any atom is -0.353 e. The van der Waals surface area contributed by atoms with Gasteiger partial charge in [0.25, 0.3) is 0 Å². The number of halogens is 1. The standard InChI is InChI=1S/C11H12BrNO/c1-9(14)13-7-3-5-10-4-2-6-11(12)8-10/h2-6,8H,7H2,1H3,(H,13,14). The van der Waals surface area contributed by atoms with Crippen LogP contribution in [0.4, 0.5) is 0 Å². The van der Waals surface area contributed by atoms with Gasteiger partial charge in [0.05, 0.1) is 0 Å². The minimum absolute atomic E-state index is 0.0103. The van der Waals surface area contributed by atoms with Gasteiger partial charge in [-0.05, 0) is 17.7 Å². The van der Waals surface area contributed by atoms with Gasteiger partial charge in [-0.1, -0.05) is 40.2 Å². The normalized spacial score (nSPS) is 10.4. The Balaban J connectivity index is 2.47. The summed E-state index contributed by atoms with van der Waals surface area (Å²) in [6.07, 6.45) is 3.89. The number of amides is 1. The van der Waals surface area contributed by atoms with Crippen LogP contribution in [0.25, 0.3) is 6.08 Å². The fourth-order valence-corrected chi connectivity index (χ4v) is 1.42. The lowest BCUT2D eigenvalue weighted by atomic mass is 10.2. The van der Waals surface area contributed by atoms with Gasteiger partial charge in [-0.2, -0.15) is 0 Å². The number of rotatable bonds is 3. The maximum atomic E-state index is 10.6. The molecule has 1 rings (SSSR count). The third-order valence-corrected chi connectivity index (χ3v) is 2.12. The molecule has 0 saturated heterocycles. The average molecular weight is 254 g/mol. The van der Waals surface area contributed by atoms with Gasteiger partial charge in [0.1, 0.15) is 0 Å². The van der Waals surface area contributed by atoms with E-state index in [4.69, 9.17) is 0 Å². The lowest BCUT2D eigenvalue weighted by Crippen LogP contribution is -2.19. The highest BCUT2D eigenvalue weighted by atomic mass is 79.9. The highest BCUT2D eigenvalue weighted by molar-refractivity contribution is 9.10. The molecule has 1 aromatic rings. The van der Waals surface area contributed by atoms with Gasteiger partial charge in [0, 0.05) is 17.9 Å². The molecule has 0 aliphatic carbocycles. The lowest BCUT2D eigenvalue weighted by Gasteiger charge is -1.96. The second kappa shape index (κ2) is 5.60. The molecule has 14 heavy (non-hydrogen) atoms.